The molecule has 1 rings (SSSR count). The molecule has 0 spiro atoms. The molecular formula is C7H6F2N2O. The van der Waals surface area contributed by atoms with Gasteiger partial charge in [0, 0.05) is 6.07 Å². The number of nitrogens with two attached hydrogens (primary N) is 1. The molecule has 1 aromatic rings. The number of phenolic OH excluding ortho intramolecular Hbond substituents is 1. The summed E-state index contributed by atoms with van der Waals surface area (Å²) >= 11 is 0. The number of hydrogen-bond donors (Lipinski definition) is 3. The monoisotopic (exact) mass is 172 g/mol. The van der Waals surface area contributed by atoms with Crippen molar-refractivity contribution in [3.63, 3.8) is 0 Å². The zero-order valence-corrected chi connectivity index (χ0v) is 5.94. The highest BCUT2D eigenvalue weighted by Gasteiger charge is 2.10. The fourth-order valence-corrected chi connectivity index (χ4v) is 0.752. The predicted molar refractivity (Wildman–Crippen MR) is 39.0 cm³/mol. The van der Waals surface area contributed by atoms with Gasteiger partial charge in [-0.2, -0.15) is 0 Å². The lowest BCUT2D eigenvalue weighted by atomic mass is 10.2. The highest BCUT2D eigenvalue weighted by molar-refractivity contribution is 5.97. The number of amidine groups is 1. The maximum atomic E-state index is 12.5. The SMILES string of the molecule is N=C(N)c1cc(F)c(F)cc1O. The second-order valence-corrected chi connectivity index (χ2v) is 2.20. The van der Waals surface area contributed by atoms with E-state index in [1.807, 2.05) is 0 Å². The van der Waals surface area contributed by atoms with Crippen LogP contribution in [0.2, 0.25) is 0 Å². The minimum Gasteiger partial charge on any atom is -0.507 e. The summed E-state index contributed by atoms with van der Waals surface area (Å²) in [6, 6.07) is 1.25. The van der Waals surface area contributed by atoms with E-state index < -0.39 is 23.2 Å². The normalized spacial score (nSPS) is 9.83. The first-order chi connectivity index (χ1) is 5.52. The van der Waals surface area contributed by atoms with Gasteiger partial charge in [0.15, 0.2) is 11.6 Å². The minimum absolute atomic E-state index is 0.214. The summed E-state index contributed by atoms with van der Waals surface area (Å²) in [7, 11) is 0. The van der Waals surface area contributed by atoms with E-state index in [1.165, 1.54) is 0 Å². The van der Waals surface area contributed by atoms with Crippen LogP contribution in [0.3, 0.4) is 0 Å². The number of hydrogen-bond acceptors (Lipinski definition) is 2. The van der Waals surface area contributed by atoms with Gasteiger partial charge in [-0.3, -0.25) is 5.41 Å². The van der Waals surface area contributed by atoms with Crippen molar-refractivity contribution in [1.29, 1.82) is 5.41 Å². The topological polar surface area (TPSA) is 70.1 Å². The molecule has 0 aliphatic rings. The molecule has 0 saturated carbocycles. The number of halogens is 2. The summed E-state index contributed by atoms with van der Waals surface area (Å²) in [5.74, 6) is -3.36. The average Bonchev–Trinajstić information content (AvgIpc) is 1.96. The van der Waals surface area contributed by atoms with Crippen molar-refractivity contribution >= 4 is 5.84 Å². The summed E-state index contributed by atoms with van der Waals surface area (Å²) in [5, 5.41) is 15.8. The summed E-state index contributed by atoms with van der Waals surface area (Å²) < 4.78 is 24.9. The van der Waals surface area contributed by atoms with E-state index in [1.54, 1.807) is 0 Å². The largest absolute Gasteiger partial charge is 0.507 e. The van der Waals surface area contributed by atoms with Gasteiger partial charge in [-0.1, -0.05) is 0 Å². The molecule has 0 fully saturated rings. The van der Waals surface area contributed by atoms with Gasteiger partial charge < -0.3 is 10.8 Å². The Hall–Kier alpha value is -1.65. The molecule has 0 bridgehead atoms. The fraction of sp³-hybridized carbons (Fsp3) is 0. The van der Waals surface area contributed by atoms with Crippen molar-refractivity contribution in [2.75, 3.05) is 0 Å². The maximum absolute atomic E-state index is 12.5. The van der Waals surface area contributed by atoms with Gasteiger partial charge >= 0.3 is 0 Å². The second-order valence-electron chi connectivity index (χ2n) is 2.20. The van der Waals surface area contributed by atoms with E-state index in [-0.39, 0.29) is 5.56 Å². The predicted octanol–water partition coefficient (Wildman–Crippen LogP) is 0.954. The number of phenols is 1. The Bertz CT molecular complexity index is 338. The van der Waals surface area contributed by atoms with E-state index in [4.69, 9.17) is 16.2 Å². The van der Waals surface area contributed by atoms with E-state index >= 15 is 0 Å². The molecule has 0 amide bonds. The van der Waals surface area contributed by atoms with Crippen LogP contribution in [0.25, 0.3) is 0 Å². The fourth-order valence-electron chi connectivity index (χ4n) is 0.752. The van der Waals surface area contributed by atoms with Gasteiger partial charge in [-0.15, -0.1) is 0 Å². The Morgan fingerprint density at radius 1 is 1.33 bits per heavy atom. The summed E-state index contributed by atoms with van der Waals surface area (Å²) in [6.45, 7) is 0. The van der Waals surface area contributed by atoms with Gasteiger partial charge in [0.1, 0.15) is 11.6 Å². The molecule has 0 radical (unpaired) electrons. The average molecular weight is 172 g/mol. The van der Waals surface area contributed by atoms with Crippen LogP contribution >= 0.6 is 0 Å². The summed E-state index contributed by atoms with van der Waals surface area (Å²) in [4.78, 5) is 0. The Labute approximate surface area is 66.9 Å². The Balaban J connectivity index is 3.33. The van der Waals surface area contributed by atoms with E-state index in [0.29, 0.717) is 12.1 Å². The van der Waals surface area contributed by atoms with Crippen LogP contribution in [-0.4, -0.2) is 10.9 Å². The molecule has 0 aromatic heterocycles. The molecule has 0 aliphatic carbocycles. The van der Waals surface area contributed by atoms with Gasteiger partial charge in [0.05, 0.1) is 5.56 Å². The van der Waals surface area contributed by atoms with Crippen molar-refractivity contribution < 1.29 is 13.9 Å². The number of nitrogen functional groups attached to an aromatic ring is 1. The number of rotatable bonds is 1. The summed E-state index contributed by atoms with van der Waals surface area (Å²) in [6.07, 6.45) is 0. The molecule has 0 atom stereocenters. The molecule has 4 N–H and O–H groups in total. The standard InChI is InChI=1S/C7H6F2N2O/c8-4-1-3(7(10)11)6(12)2-5(4)9/h1-2,12H,(H3,10,11). The van der Waals surface area contributed by atoms with Crippen LogP contribution < -0.4 is 5.73 Å². The first kappa shape index (κ1) is 8.45. The molecule has 5 heteroatoms. The lowest BCUT2D eigenvalue weighted by molar-refractivity contribution is 0.453. The molecular weight excluding hydrogens is 166 g/mol. The van der Waals surface area contributed by atoms with Crippen molar-refractivity contribution in [3.8, 4) is 5.75 Å². The third-order valence-electron chi connectivity index (χ3n) is 1.33. The second kappa shape index (κ2) is 2.77. The zero-order valence-electron chi connectivity index (χ0n) is 5.94. The van der Waals surface area contributed by atoms with Gasteiger partial charge in [-0.25, -0.2) is 8.78 Å². The van der Waals surface area contributed by atoms with Gasteiger partial charge in [0.25, 0.3) is 0 Å². The molecule has 12 heavy (non-hydrogen) atoms. The third-order valence-corrected chi connectivity index (χ3v) is 1.33. The van der Waals surface area contributed by atoms with Gasteiger partial charge in [-0.05, 0) is 6.07 Å². The summed E-state index contributed by atoms with van der Waals surface area (Å²) in [5.41, 5.74) is 4.75. The molecule has 0 heterocycles. The highest BCUT2D eigenvalue weighted by atomic mass is 19.2. The Morgan fingerprint density at radius 3 is 2.33 bits per heavy atom. The number of nitrogens with one attached hydrogen (secondary N) is 1. The van der Waals surface area contributed by atoms with Gasteiger partial charge in [0.2, 0.25) is 0 Å². The first-order valence-corrected chi connectivity index (χ1v) is 3.04. The molecule has 1 aromatic carbocycles. The van der Waals surface area contributed by atoms with Crippen LogP contribution in [0.15, 0.2) is 12.1 Å². The highest BCUT2D eigenvalue weighted by Crippen LogP contribution is 2.19. The smallest absolute Gasteiger partial charge is 0.162 e. The Kier molecular flexibility index (Phi) is 1.95. The first-order valence-electron chi connectivity index (χ1n) is 3.04. The molecule has 0 aliphatic heterocycles. The van der Waals surface area contributed by atoms with E-state index in [0.717, 1.165) is 0 Å². The molecule has 0 unspecified atom stereocenters. The van der Waals surface area contributed by atoms with Crippen LogP contribution in [0, 0.1) is 17.0 Å². The third kappa shape index (κ3) is 1.34. The van der Waals surface area contributed by atoms with Crippen LogP contribution in [0.4, 0.5) is 8.78 Å². The van der Waals surface area contributed by atoms with Crippen molar-refractivity contribution in [2.24, 2.45) is 5.73 Å². The van der Waals surface area contributed by atoms with E-state index in [2.05, 4.69) is 0 Å². The number of aromatic hydroxyl groups is 1. The lowest BCUT2D eigenvalue weighted by Crippen LogP contribution is -2.11. The minimum atomic E-state index is -1.17. The maximum Gasteiger partial charge on any atom is 0.162 e. The Morgan fingerprint density at radius 2 is 1.83 bits per heavy atom. The number of benzene rings is 1. The van der Waals surface area contributed by atoms with E-state index in [9.17, 15) is 8.78 Å². The zero-order chi connectivity index (χ0) is 9.30. The molecule has 3 nitrogen and oxygen atoms in total. The lowest BCUT2D eigenvalue weighted by Gasteiger charge is -2.02. The van der Waals surface area contributed by atoms with Crippen molar-refractivity contribution in [1.82, 2.24) is 0 Å². The van der Waals surface area contributed by atoms with Crippen LogP contribution in [-0.2, 0) is 0 Å². The van der Waals surface area contributed by atoms with Crippen molar-refractivity contribution in [2.45, 2.75) is 0 Å². The molecule has 0 saturated heterocycles. The molecule has 64 valence electrons. The van der Waals surface area contributed by atoms with Crippen molar-refractivity contribution in [3.05, 3.63) is 29.3 Å². The quantitative estimate of drug-likeness (QED) is 0.436. The van der Waals surface area contributed by atoms with Crippen LogP contribution in [0.5, 0.6) is 5.75 Å². The van der Waals surface area contributed by atoms with Crippen LogP contribution in [0.1, 0.15) is 5.56 Å².